The number of hydrogen-bond acceptors (Lipinski definition) is 3. The maximum absolute atomic E-state index is 12.2. The van der Waals surface area contributed by atoms with Crippen LogP contribution in [0.1, 0.15) is 62.9 Å². The number of amides is 2. The Morgan fingerprint density at radius 1 is 1.17 bits per heavy atom. The van der Waals surface area contributed by atoms with Crippen LogP contribution >= 0.6 is 0 Å². The van der Waals surface area contributed by atoms with E-state index >= 15 is 0 Å². The Hall–Kier alpha value is -1.88. The molecule has 4 N–H and O–H groups in total. The normalized spacial score (nSPS) is 12.5. The molecule has 0 saturated carbocycles. The quantitative estimate of drug-likeness (QED) is 0.683. The maximum atomic E-state index is 12.2. The highest BCUT2D eigenvalue weighted by Crippen LogP contribution is 2.13. The maximum Gasteiger partial charge on any atom is 0.251 e. The molecule has 0 radical (unpaired) electrons. The predicted octanol–water partition coefficient (Wildman–Crippen LogP) is 2.60. The summed E-state index contributed by atoms with van der Waals surface area (Å²) >= 11 is 0. The number of carbonyl (C=O) groups is 2. The van der Waals surface area contributed by atoms with Crippen LogP contribution in [0.5, 0.6) is 0 Å². The van der Waals surface area contributed by atoms with Crippen molar-refractivity contribution in [2.45, 2.75) is 59.5 Å². The Labute approximate surface area is 145 Å². The van der Waals surface area contributed by atoms with Gasteiger partial charge in [-0.2, -0.15) is 0 Å². The van der Waals surface area contributed by atoms with E-state index in [1.165, 1.54) is 0 Å². The van der Waals surface area contributed by atoms with E-state index in [2.05, 4.69) is 17.6 Å². The van der Waals surface area contributed by atoms with Gasteiger partial charge in [0.05, 0.1) is 0 Å². The van der Waals surface area contributed by atoms with Crippen molar-refractivity contribution in [2.24, 2.45) is 11.1 Å². The molecule has 0 aliphatic carbocycles. The molecule has 24 heavy (non-hydrogen) atoms. The molecule has 0 heterocycles. The molecule has 0 fully saturated rings. The Bertz CT molecular complexity index is 533. The fourth-order valence-corrected chi connectivity index (χ4v) is 2.19. The Balaban J connectivity index is 2.57. The Kier molecular flexibility index (Phi) is 7.92. The monoisotopic (exact) mass is 333 g/mol. The van der Waals surface area contributed by atoms with Crippen molar-refractivity contribution in [3.8, 4) is 0 Å². The van der Waals surface area contributed by atoms with Crippen molar-refractivity contribution in [1.82, 2.24) is 10.6 Å². The molecule has 1 atom stereocenters. The summed E-state index contributed by atoms with van der Waals surface area (Å²) in [5.74, 6) is -0.0992. The number of rotatable bonds is 8. The summed E-state index contributed by atoms with van der Waals surface area (Å²) in [7, 11) is 0. The lowest BCUT2D eigenvalue weighted by molar-refractivity contribution is -0.128. The molecular weight excluding hydrogens is 302 g/mol. The summed E-state index contributed by atoms with van der Waals surface area (Å²) in [6, 6.07) is 7.30. The van der Waals surface area contributed by atoms with E-state index in [0.29, 0.717) is 18.7 Å². The van der Waals surface area contributed by atoms with Crippen LogP contribution in [0.2, 0.25) is 0 Å². The third-order valence-electron chi connectivity index (χ3n) is 3.88. The van der Waals surface area contributed by atoms with Gasteiger partial charge in [-0.25, -0.2) is 0 Å². The van der Waals surface area contributed by atoms with Crippen LogP contribution in [0.4, 0.5) is 0 Å². The first-order chi connectivity index (χ1) is 11.3. The molecule has 0 aliphatic rings. The molecule has 1 aromatic rings. The molecule has 0 aliphatic heterocycles. The fraction of sp³-hybridized carbons (Fsp3) is 0.579. The molecule has 1 unspecified atom stereocenters. The van der Waals surface area contributed by atoms with Gasteiger partial charge in [0, 0.05) is 30.1 Å². The van der Waals surface area contributed by atoms with Crippen LogP contribution in [0, 0.1) is 5.41 Å². The van der Waals surface area contributed by atoms with Crippen LogP contribution < -0.4 is 16.4 Å². The minimum absolute atomic E-state index is 0.00558. The largest absolute Gasteiger partial charge is 0.352 e. The lowest BCUT2D eigenvalue weighted by Crippen LogP contribution is -2.40. The van der Waals surface area contributed by atoms with Gasteiger partial charge >= 0.3 is 0 Å². The van der Waals surface area contributed by atoms with E-state index in [1.807, 2.05) is 32.9 Å². The minimum Gasteiger partial charge on any atom is -0.352 e. The zero-order chi connectivity index (χ0) is 18.2. The summed E-state index contributed by atoms with van der Waals surface area (Å²) in [5.41, 5.74) is 6.88. The molecule has 5 nitrogen and oxygen atoms in total. The van der Waals surface area contributed by atoms with Crippen molar-refractivity contribution in [1.29, 1.82) is 0 Å². The van der Waals surface area contributed by atoms with E-state index in [9.17, 15) is 9.59 Å². The summed E-state index contributed by atoms with van der Waals surface area (Å²) in [6.45, 7) is 8.65. The summed E-state index contributed by atoms with van der Waals surface area (Å²) in [5, 5.41) is 5.87. The molecule has 0 saturated heterocycles. The van der Waals surface area contributed by atoms with Crippen molar-refractivity contribution in [3.05, 3.63) is 35.4 Å². The zero-order valence-corrected chi connectivity index (χ0v) is 15.3. The molecule has 0 aromatic heterocycles. The standard InChI is InChI=1S/C19H31N3O2/c1-5-6-7-16(12-20)22-17(23)15-10-8-14(9-11-15)13-21-18(24)19(2,3)4/h8-11,16H,5-7,12-13,20H2,1-4H3,(H,21,24)(H,22,23). The van der Waals surface area contributed by atoms with Crippen LogP contribution in [0.25, 0.3) is 0 Å². The van der Waals surface area contributed by atoms with Gasteiger partial charge in [0.1, 0.15) is 0 Å². The van der Waals surface area contributed by atoms with Gasteiger partial charge < -0.3 is 16.4 Å². The predicted molar refractivity (Wildman–Crippen MR) is 97.6 cm³/mol. The molecule has 0 bridgehead atoms. The SMILES string of the molecule is CCCCC(CN)NC(=O)c1ccc(CNC(=O)C(C)(C)C)cc1. The first kappa shape index (κ1) is 20.2. The second kappa shape index (κ2) is 9.42. The Morgan fingerprint density at radius 3 is 2.29 bits per heavy atom. The minimum atomic E-state index is -0.407. The second-order valence-corrected chi connectivity index (χ2v) is 7.18. The molecule has 2 amide bonds. The summed E-state index contributed by atoms with van der Waals surface area (Å²) < 4.78 is 0. The van der Waals surface area contributed by atoms with Gasteiger partial charge in [0.2, 0.25) is 5.91 Å². The summed E-state index contributed by atoms with van der Waals surface area (Å²) in [4.78, 5) is 24.1. The first-order valence-electron chi connectivity index (χ1n) is 8.66. The highest BCUT2D eigenvalue weighted by molar-refractivity contribution is 5.94. The average molecular weight is 333 g/mol. The van der Waals surface area contributed by atoms with Crippen LogP contribution in [-0.4, -0.2) is 24.4 Å². The zero-order valence-electron chi connectivity index (χ0n) is 15.3. The number of unbranched alkanes of at least 4 members (excludes halogenated alkanes) is 1. The lowest BCUT2D eigenvalue weighted by Gasteiger charge is -2.18. The van der Waals surface area contributed by atoms with E-state index in [-0.39, 0.29) is 17.9 Å². The van der Waals surface area contributed by atoms with Crippen LogP contribution in [-0.2, 0) is 11.3 Å². The second-order valence-electron chi connectivity index (χ2n) is 7.18. The van der Waals surface area contributed by atoms with E-state index < -0.39 is 5.41 Å². The lowest BCUT2D eigenvalue weighted by atomic mass is 9.95. The van der Waals surface area contributed by atoms with Crippen LogP contribution in [0.15, 0.2) is 24.3 Å². The average Bonchev–Trinajstić information content (AvgIpc) is 2.55. The topological polar surface area (TPSA) is 84.2 Å². The van der Waals surface area contributed by atoms with E-state index in [0.717, 1.165) is 24.8 Å². The van der Waals surface area contributed by atoms with Crippen LogP contribution in [0.3, 0.4) is 0 Å². The third-order valence-corrected chi connectivity index (χ3v) is 3.88. The number of nitrogens with one attached hydrogen (secondary N) is 2. The summed E-state index contributed by atoms with van der Waals surface area (Å²) in [6.07, 6.45) is 3.03. The van der Waals surface area contributed by atoms with Gasteiger partial charge in [0.15, 0.2) is 0 Å². The van der Waals surface area contributed by atoms with Gasteiger partial charge in [-0.3, -0.25) is 9.59 Å². The van der Waals surface area contributed by atoms with Crippen molar-refractivity contribution in [3.63, 3.8) is 0 Å². The van der Waals surface area contributed by atoms with Crippen molar-refractivity contribution >= 4 is 11.8 Å². The molecule has 5 heteroatoms. The highest BCUT2D eigenvalue weighted by Gasteiger charge is 2.20. The van der Waals surface area contributed by atoms with Gasteiger partial charge in [-0.1, -0.05) is 52.7 Å². The van der Waals surface area contributed by atoms with Gasteiger partial charge in [0.25, 0.3) is 5.91 Å². The molecule has 1 aromatic carbocycles. The molecule has 134 valence electrons. The third kappa shape index (κ3) is 6.71. The molecule has 1 rings (SSSR count). The number of nitrogens with two attached hydrogens (primary N) is 1. The van der Waals surface area contributed by atoms with E-state index in [4.69, 9.17) is 5.73 Å². The number of hydrogen-bond donors (Lipinski definition) is 3. The van der Waals surface area contributed by atoms with Gasteiger partial charge in [-0.05, 0) is 24.1 Å². The van der Waals surface area contributed by atoms with Crippen molar-refractivity contribution in [2.75, 3.05) is 6.54 Å². The molecule has 0 spiro atoms. The highest BCUT2D eigenvalue weighted by atomic mass is 16.2. The van der Waals surface area contributed by atoms with Gasteiger partial charge in [-0.15, -0.1) is 0 Å². The number of carbonyl (C=O) groups excluding carboxylic acids is 2. The first-order valence-corrected chi connectivity index (χ1v) is 8.66. The Morgan fingerprint density at radius 2 is 1.79 bits per heavy atom. The number of benzene rings is 1. The smallest absolute Gasteiger partial charge is 0.251 e. The van der Waals surface area contributed by atoms with E-state index in [1.54, 1.807) is 12.1 Å². The fourth-order valence-electron chi connectivity index (χ4n) is 2.19. The van der Waals surface area contributed by atoms with Crippen molar-refractivity contribution < 1.29 is 9.59 Å². The molecular formula is C19H31N3O2.